The van der Waals surface area contributed by atoms with Crippen molar-refractivity contribution in [2.45, 2.75) is 19.8 Å². The van der Waals surface area contributed by atoms with E-state index < -0.39 is 0 Å². The smallest absolute Gasteiger partial charge is 0.310 e. The number of carbonyl (C=O) groups excluding carboxylic acids is 2. The molecule has 4 nitrogen and oxygen atoms in total. The molecule has 0 unspecified atom stereocenters. The summed E-state index contributed by atoms with van der Waals surface area (Å²) >= 11 is 5.53. The average molecular weight is 280 g/mol. The fourth-order valence-corrected chi connectivity index (χ4v) is 1.80. The number of rotatable bonds is 6. The Bertz CT molecular complexity index is 520. The van der Waals surface area contributed by atoms with E-state index in [1.165, 1.54) is 6.07 Å². The lowest BCUT2D eigenvalue weighted by atomic mass is 10.0. The summed E-state index contributed by atoms with van der Waals surface area (Å²) in [6, 6.07) is 6.66. The van der Waals surface area contributed by atoms with Crippen molar-refractivity contribution < 1.29 is 14.3 Å². The van der Waals surface area contributed by atoms with E-state index in [0.29, 0.717) is 23.3 Å². The largest absolute Gasteiger partial charge is 0.466 e. The average Bonchev–Trinajstić information content (AvgIpc) is 2.38. The molecule has 0 aliphatic heterocycles. The van der Waals surface area contributed by atoms with Gasteiger partial charge >= 0.3 is 5.97 Å². The van der Waals surface area contributed by atoms with Gasteiger partial charge in [-0.1, -0.05) is 0 Å². The second kappa shape index (κ2) is 7.55. The third kappa shape index (κ3) is 4.72. The van der Waals surface area contributed by atoms with Crippen LogP contribution in [0.1, 0.15) is 34.8 Å². The molecule has 0 aliphatic carbocycles. The molecule has 5 heteroatoms. The van der Waals surface area contributed by atoms with Crippen LogP contribution in [0.3, 0.4) is 0 Å². The zero-order valence-electron chi connectivity index (χ0n) is 10.6. The summed E-state index contributed by atoms with van der Waals surface area (Å²) < 4.78 is 4.84. The third-order valence-corrected chi connectivity index (χ3v) is 2.61. The summed E-state index contributed by atoms with van der Waals surface area (Å²) in [5.74, 6) is -0.298. The van der Waals surface area contributed by atoms with Crippen molar-refractivity contribution in [3.63, 3.8) is 0 Å². The molecule has 0 saturated heterocycles. The van der Waals surface area contributed by atoms with Crippen LogP contribution in [0, 0.1) is 11.3 Å². The first-order valence-electron chi connectivity index (χ1n) is 5.89. The third-order valence-electron chi connectivity index (χ3n) is 2.42. The Morgan fingerprint density at radius 3 is 2.68 bits per heavy atom. The minimum Gasteiger partial charge on any atom is -0.466 e. The van der Waals surface area contributed by atoms with Gasteiger partial charge in [0.25, 0.3) is 0 Å². The van der Waals surface area contributed by atoms with Gasteiger partial charge in [0, 0.05) is 17.9 Å². The van der Waals surface area contributed by atoms with Crippen molar-refractivity contribution in [2.24, 2.45) is 0 Å². The van der Waals surface area contributed by atoms with E-state index in [1.54, 1.807) is 19.1 Å². The molecule has 0 atom stereocenters. The van der Waals surface area contributed by atoms with Crippen LogP contribution >= 0.6 is 11.6 Å². The van der Waals surface area contributed by atoms with Crippen molar-refractivity contribution in [3.05, 3.63) is 34.9 Å². The Balaban J connectivity index is 2.99. The molecule has 1 aromatic carbocycles. The van der Waals surface area contributed by atoms with Gasteiger partial charge in [-0.05, 0) is 30.7 Å². The van der Waals surface area contributed by atoms with Crippen LogP contribution in [0.2, 0.25) is 0 Å². The van der Waals surface area contributed by atoms with E-state index >= 15 is 0 Å². The van der Waals surface area contributed by atoms with Crippen molar-refractivity contribution in [3.8, 4) is 6.07 Å². The zero-order chi connectivity index (χ0) is 14.3. The molecule has 0 radical (unpaired) electrons. The van der Waals surface area contributed by atoms with E-state index in [9.17, 15) is 9.59 Å². The van der Waals surface area contributed by atoms with Crippen LogP contribution in [-0.2, 0) is 16.0 Å². The van der Waals surface area contributed by atoms with Gasteiger partial charge in [0.2, 0.25) is 0 Å². The monoisotopic (exact) mass is 279 g/mol. The van der Waals surface area contributed by atoms with Crippen molar-refractivity contribution >= 4 is 23.4 Å². The highest BCUT2D eigenvalue weighted by atomic mass is 35.5. The van der Waals surface area contributed by atoms with E-state index in [2.05, 4.69) is 0 Å². The lowest BCUT2D eigenvalue weighted by molar-refractivity contribution is -0.142. The van der Waals surface area contributed by atoms with Crippen LogP contribution in [0.15, 0.2) is 18.2 Å². The van der Waals surface area contributed by atoms with Gasteiger partial charge in [-0.15, -0.1) is 11.6 Å². The molecule has 0 saturated carbocycles. The van der Waals surface area contributed by atoms with Gasteiger partial charge in [0.1, 0.15) is 0 Å². The standard InChI is InChI=1S/C14H14ClNO3/c1-2-19-14(18)8-10-5-11(9-16)7-12(6-10)13(17)3-4-15/h5-7H,2-4,8H2,1H3. The molecule has 0 aromatic heterocycles. The Hall–Kier alpha value is -1.86. The lowest BCUT2D eigenvalue weighted by Crippen LogP contribution is -2.09. The molecule has 0 spiro atoms. The number of ether oxygens (including phenoxy) is 1. The maximum absolute atomic E-state index is 11.8. The number of benzene rings is 1. The summed E-state index contributed by atoms with van der Waals surface area (Å²) in [5, 5.41) is 8.93. The minimum absolute atomic E-state index is 0.0461. The first-order valence-corrected chi connectivity index (χ1v) is 6.43. The normalized spacial score (nSPS) is 9.74. The van der Waals surface area contributed by atoms with Crippen LogP contribution < -0.4 is 0 Å². The Kier molecular flexibility index (Phi) is 6.04. The molecule has 0 N–H and O–H groups in total. The predicted molar refractivity (Wildman–Crippen MR) is 71.2 cm³/mol. The Labute approximate surface area is 116 Å². The highest BCUT2D eigenvalue weighted by molar-refractivity contribution is 6.19. The second-order valence-electron chi connectivity index (χ2n) is 3.87. The first kappa shape index (κ1) is 15.2. The number of esters is 1. The number of carbonyl (C=O) groups is 2. The van der Waals surface area contributed by atoms with Crippen LogP contribution in [0.4, 0.5) is 0 Å². The predicted octanol–water partition coefficient (Wildman–Crippen LogP) is 2.48. The fourth-order valence-electron chi connectivity index (χ4n) is 1.63. The number of hydrogen-bond donors (Lipinski definition) is 0. The zero-order valence-corrected chi connectivity index (χ0v) is 11.4. The molecule has 1 rings (SSSR count). The summed E-state index contributed by atoms with van der Waals surface area (Å²) in [6.07, 6.45) is 0.250. The number of nitriles is 1. The van der Waals surface area contributed by atoms with Crippen LogP contribution in [0.5, 0.6) is 0 Å². The van der Waals surface area contributed by atoms with Crippen molar-refractivity contribution in [1.29, 1.82) is 5.26 Å². The summed E-state index contributed by atoms with van der Waals surface area (Å²) in [5.41, 5.74) is 1.34. The maximum atomic E-state index is 11.8. The minimum atomic E-state index is -0.381. The van der Waals surface area contributed by atoms with Gasteiger partial charge in [-0.2, -0.15) is 5.26 Å². The molecule has 0 bridgehead atoms. The Morgan fingerprint density at radius 1 is 1.37 bits per heavy atom. The molecular formula is C14H14ClNO3. The van der Waals surface area contributed by atoms with Crippen molar-refractivity contribution in [2.75, 3.05) is 12.5 Å². The van der Waals surface area contributed by atoms with E-state index in [0.717, 1.165) is 0 Å². The lowest BCUT2D eigenvalue weighted by Gasteiger charge is -2.05. The van der Waals surface area contributed by atoms with Crippen molar-refractivity contribution in [1.82, 2.24) is 0 Å². The first-order chi connectivity index (χ1) is 9.10. The molecule has 0 aliphatic rings. The molecular weight excluding hydrogens is 266 g/mol. The summed E-state index contributed by atoms with van der Waals surface area (Å²) in [4.78, 5) is 23.2. The SMILES string of the molecule is CCOC(=O)Cc1cc(C#N)cc(C(=O)CCCl)c1. The number of alkyl halides is 1. The van der Waals surface area contributed by atoms with Crippen LogP contribution in [0.25, 0.3) is 0 Å². The number of nitrogens with zero attached hydrogens (tertiary/aromatic N) is 1. The van der Waals surface area contributed by atoms with Gasteiger partial charge in [-0.25, -0.2) is 0 Å². The highest BCUT2D eigenvalue weighted by Crippen LogP contribution is 2.13. The van der Waals surface area contributed by atoms with Gasteiger partial charge < -0.3 is 4.74 Å². The van der Waals surface area contributed by atoms with E-state index in [4.69, 9.17) is 21.6 Å². The van der Waals surface area contributed by atoms with E-state index in [-0.39, 0.29) is 30.5 Å². The number of hydrogen-bond acceptors (Lipinski definition) is 4. The Morgan fingerprint density at radius 2 is 2.11 bits per heavy atom. The molecule has 0 fully saturated rings. The van der Waals surface area contributed by atoms with E-state index in [1.807, 2.05) is 6.07 Å². The molecule has 1 aromatic rings. The molecule has 0 amide bonds. The van der Waals surface area contributed by atoms with Gasteiger partial charge in [0.15, 0.2) is 5.78 Å². The fraction of sp³-hybridized carbons (Fsp3) is 0.357. The summed E-state index contributed by atoms with van der Waals surface area (Å²) in [7, 11) is 0. The quantitative estimate of drug-likeness (QED) is 0.456. The highest BCUT2D eigenvalue weighted by Gasteiger charge is 2.11. The van der Waals surface area contributed by atoms with Gasteiger partial charge in [-0.3, -0.25) is 9.59 Å². The number of Topliss-reactive ketones (excluding diaryl/α,β-unsaturated/α-hetero) is 1. The topological polar surface area (TPSA) is 67.2 Å². The number of ketones is 1. The summed E-state index contributed by atoms with van der Waals surface area (Å²) in [6.45, 7) is 2.02. The van der Waals surface area contributed by atoms with Gasteiger partial charge in [0.05, 0.1) is 24.7 Å². The molecule has 19 heavy (non-hydrogen) atoms. The maximum Gasteiger partial charge on any atom is 0.310 e. The molecule has 100 valence electrons. The molecule has 0 heterocycles. The van der Waals surface area contributed by atoms with Crippen LogP contribution in [-0.4, -0.2) is 24.2 Å². The number of halogens is 1. The second-order valence-corrected chi connectivity index (χ2v) is 4.25.